The molecule has 11 heteroatoms. The molecule has 1 aromatic carbocycles. The van der Waals surface area contributed by atoms with Crippen LogP contribution in [0, 0.1) is 0 Å². The number of carbonyl (C=O) groups is 2. The van der Waals surface area contributed by atoms with E-state index in [1.165, 1.54) is 11.8 Å². The number of amides is 1. The molecule has 26 heavy (non-hydrogen) atoms. The molecule has 8 nitrogen and oxygen atoms in total. The maximum atomic E-state index is 12.0. The summed E-state index contributed by atoms with van der Waals surface area (Å²) in [4.78, 5) is 28.1. The third-order valence-electron chi connectivity index (χ3n) is 3.82. The molecule has 2 saturated heterocycles. The van der Waals surface area contributed by atoms with E-state index in [9.17, 15) is 18.0 Å². The van der Waals surface area contributed by atoms with E-state index in [2.05, 4.69) is 4.99 Å². The molecule has 0 bridgehead atoms. The summed E-state index contributed by atoms with van der Waals surface area (Å²) in [5.74, 6) is -1.83. The van der Waals surface area contributed by atoms with Gasteiger partial charge in [-0.15, -0.1) is 0 Å². The van der Waals surface area contributed by atoms with E-state index in [1.807, 2.05) is 0 Å². The summed E-state index contributed by atoms with van der Waals surface area (Å²) in [5, 5.41) is 9.14. The number of benzene rings is 1. The van der Waals surface area contributed by atoms with Gasteiger partial charge in [-0.25, -0.2) is 13.2 Å². The van der Waals surface area contributed by atoms with Crippen molar-refractivity contribution in [1.82, 2.24) is 0 Å². The summed E-state index contributed by atoms with van der Waals surface area (Å²) < 4.78 is 28.7. The molecule has 140 valence electrons. The molecule has 2 atom stereocenters. The van der Waals surface area contributed by atoms with Crippen LogP contribution in [0.15, 0.2) is 29.3 Å². The number of amidine groups is 1. The minimum Gasteiger partial charge on any atom is -0.480 e. The Labute approximate surface area is 159 Å². The molecule has 2 unspecified atom stereocenters. The van der Waals surface area contributed by atoms with Crippen molar-refractivity contribution in [3.05, 3.63) is 29.3 Å². The Morgan fingerprint density at radius 3 is 2.81 bits per heavy atom. The van der Waals surface area contributed by atoms with Crippen molar-refractivity contribution in [3.8, 4) is 0 Å². The van der Waals surface area contributed by atoms with Crippen LogP contribution in [-0.2, 0) is 24.2 Å². The van der Waals surface area contributed by atoms with Crippen LogP contribution in [0.25, 0.3) is 0 Å². The Morgan fingerprint density at radius 1 is 1.35 bits per heavy atom. The molecule has 0 spiro atoms. The maximum absolute atomic E-state index is 12.0. The Hall–Kier alpha value is -1.62. The molecule has 2 aliphatic heterocycles. The van der Waals surface area contributed by atoms with Gasteiger partial charge in [-0.05, 0) is 18.2 Å². The smallest absolute Gasteiger partial charge is 0.329 e. The van der Waals surface area contributed by atoms with E-state index in [0.717, 1.165) is 0 Å². The van der Waals surface area contributed by atoms with Gasteiger partial charge < -0.3 is 14.7 Å². The fourth-order valence-corrected chi connectivity index (χ4v) is 6.97. The topological polar surface area (TPSA) is 113 Å². The van der Waals surface area contributed by atoms with Crippen LogP contribution in [0.3, 0.4) is 0 Å². The Balaban J connectivity index is 1.85. The van der Waals surface area contributed by atoms with Crippen LogP contribution >= 0.6 is 23.4 Å². The number of nitrogens with zero attached hydrogens (tertiary/aromatic N) is 2. The normalized spacial score (nSPS) is 25.4. The van der Waals surface area contributed by atoms with E-state index in [4.69, 9.17) is 21.4 Å². The number of carbonyl (C=O) groups excluding carboxylic acids is 1. The molecule has 2 fully saturated rings. The molecule has 1 aromatic rings. The third-order valence-corrected chi connectivity index (χ3v) is 7.27. The Bertz CT molecular complexity index is 873. The number of rotatable bonds is 5. The molecule has 2 aliphatic rings. The molecule has 0 radical (unpaired) electrons. The van der Waals surface area contributed by atoms with E-state index in [0.29, 0.717) is 15.9 Å². The summed E-state index contributed by atoms with van der Waals surface area (Å²) in [6.45, 7) is -1.06. The van der Waals surface area contributed by atoms with Gasteiger partial charge in [0, 0.05) is 16.0 Å². The molecule has 2 heterocycles. The lowest BCUT2D eigenvalue weighted by Crippen LogP contribution is -2.37. The second-order valence-corrected chi connectivity index (χ2v) is 9.62. The van der Waals surface area contributed by atoms with Gasteiger partial charge in [-0.2, -0.15) is 4.99 Å². The first kappa shape index (κ1) is 19.2. The minimum atomic E-state index is -3.16. The first-order valence-corrected chi connectivity index (χ1v) is 10.7. The number of halogens is 1. The van der Waals surface area contributed by atoms with Crippen molar-refractivity contribution in [3.63, 3.8) is 0 Å². The van der Waals surface area contributed by atoms with Gasteiger partial charge >= 0.3 is 5.97 Å². The van der Waals surface area contributed by atoms with Gasteiger partial charge in [-0.1, -0.05) is 29.4 Å². The number of carboxylic acids is 1. The second kappa shape index (κ2) is 7.55. The molecule has 0 aliphatic carbocycles. The lowest BCUT2D eigenvalue weighted by Gasteiger charge is -2.24. The number of sulfone groups is 1. The molecule has 3 rings (SSSR count). The highest BCUT2D eigenvalue weighted by atomic mass is 35.5. The SMILES string of the molecule is O=C(O)COCC(=O)N=C1SC2CS(=O)(=O)CC2N1c1cccc(Cl)c1. The molecule has 0 saturated carbocycles. The fourth-order valence-electron chi connectivity index (χ4n) is 2.86. The first-order chi connectivity index (χ1) is 12.2. The quantitative estimate of drug-likeness (QED) is 0.754. The molecule has 0 aromatic heterocycles. The van der Waals surface area contributed by atoms with Crippen molar-refractivity contribution >= 4 is 55.9 Å². The van der Waals surface area contributed by atoms with Crippen LogP contribution in [0.2, 0.25) is 5.02 Å². The first-order valence-electron chi connectivity index (χ1n) is 7.58. The van der Waals surface area contributed by atoms with Gasteiger partial charge in [0.2, 0.25) is 0 Å². The summed E-state index contributed by atoms with van der Waals surface area (Å²) in [7, 11) is -3.16. The van der Waals surface area contributed by atoms with Gasteiger partial charge in [0.25, 0.3) is 5.91 Å². The minimum absolute atomic E-state index is 0.0160. The van der Waals surface area contributed by atoms with Crippen molar-refractivity contribution in [2.24, 2.45) is 4.99 Å². The summed E-state index contributed by atoms with van der Waals surface area (Å²) in [6, 6.07) is 6.53. The zero-order valence-corrected chi connectivity index (χ0v) is 15.8. The summed E-state index contributed by atoms with van der Waals surface area (Å²) in [5.41, 5.74) is 0.646. The second-order valence-electron chi connectivity index (χ2n) is 5.83. The highest BCUT2D eigenvalue weighted by Crippen LogP contribution is 2.41. The highest BCUT2D eigenvalue weighted by Gasteiger charge is 2.49. The zero-order valence-electron chi connectivity index (χ0n) is 13.4. The molecule has 1 N–H and O–H groups in total. The number of anilines is 1. The number of carboxylic acid groups (broad SMARTS) is 1. The number of fused-ring (bicyclic) bond motifs is 1. The lowest BCUT2D eigenvalue weighted by molar-refractivity contribution is -0.143. The van der Waals surface area contributed by atoms with E-state index < -0.39 is 34.9 Å². The maximum Gasteiger partial charge on any atom is 0.329 e. The number of ether oxygens (including phenoxy) is 1. The van der Waals surface area contributed by atoms with Crippen LogP contribution in [-0.4, -0.2) is 66.6 Å². The van der Waals surface area contributed by atoms with Crippen LogP contribution in [0.1, 0.15) is 0 Å². The van der Waals surface area contributed by atoms with E-state index in [1.54, 1.807) is 29.2 Å². The summed E-state index contributed by atoms with van der Waals surface area (Å²) >= 11 is 7.26. The van der Waals surface area contributed by atoms with Crippen LogP contribution in [0.4, 0.5) is 5.69 Å². The van der Waals surface area contributed by atoms with Gasteiger partial charge in [0.15, 0.2) is 15.0 Å². The number of thioether (sulfide) groups is 1. The number of aliphatic imine (C=N–C) groups is 1. The third kappa shape index (κ3) is 4.37. The number of hydrogen-bond acceptors (Lipinski definition) is 6. The molecular weight excluding hydrogens is 404 g/mol. The predicted molar refractivity (Wildman–Crippen MR) is 98.6 cm³/mol. The molecule has 1 amide bonds. The fraction of sp³-hybridized carbons (Fsp3) is 0.400. The lowest BCUT2D eigenvalue weighted by atomic mass is 10.2. The predicted octanol–water partition coefficient (Wildman–Crippen LogP) is 1.04. The highest BCUT2D eigenvalue weighted by molar-refractivity contribution is 8.16. The van der Waals surface area contributed by atoms with Crippen LogP contribution in [0.5, 0.6) is 0 Å². The largest absolute Gasteiger partial charge is 0.480 e. The number of aliphatic carboxylic acids is 1. The Kier molecular flexibility index (Phi) is 5.56. The average Bonchev–Trinajstić information content (AvgIpc) is 2.97. The van der Waals surface area contributed by atoms with Crippen LogP contribution < -0.4 is 4.90 Å². The average molecular weight is 419 g/mol. The van der Waals surface area contributed by atoms with Crippen molar-refractivity contribution in [2.45, 2.75) is 11.3 Å². The van der Waals surface area contributed by atoms with Gasteiger partial charge in [-0.3, -0.25) is 4.79 Å². The number of hydrogen-bond donors (Lipinski definition) is 1. The van der Waals surface area contributed by atoms with Crippen molar-refractivity contribution in [2.75, 3.05) is 29.6 Å². The van der Waals surface area contributed by atoms with E-state index in [-0.39, 0.29) is 22.8 Å². The van der Waals surface area contributed by atoms with E-state index >= 15 is 0 Å². The standard InChI is InChI=1S/C15H15ClN2O6S2/c16-9-2-1-3-10(4-9)18-11-7-26(22,23)8-12(11)25-15(18)17-13(19)5-24-6-14(20)21/h1-4,11-12H,5-8H2,(H,20,21). The van der Waals surface area contributed by atoms with Crippen molar-refractivity contribution in [1.29, 1.82) is 0 Å². The van der Waals surface area contributed by atoms with Gasteiger partial charge in [0.1, 0.15) is 13.2 Å². The molecular formula is C15H15ClN2O6S2. The van der Waals surface area contributed by atoms with Gasteiger partial charge in [0.05, 0.1) is 17.5 Å². The Morgan fingerprint density at radius 2 is 2.12 bits per heavy atom. The monoisotopic (exact) mass is 418 g/mol. The zero-order chi connectivity index (χ0) is 18.9. The van der Waals surface area contributed by atoms with Crippen molar-refractivity contribution < 1.29 is 27.9 Å². The summed E-state index contributed by atoms with van der Waals surface area (Å²) in [6.07, 6.45) is 0.